The quantitative estimate of drug-likeness (QED) is 0.156. The van der Waals surface area contributed by atoms with Crippen molar-refractivity contribution < 1.29 is 29.1 Å². The Morgan fingerprint density at radius 2 is 1.63 bits per heavy atom. The van der Waals surface area contributed by atoms with Crippen molar-refractivity contribution in [2.45, 2.75) is 77.5 Å². The lowest BCUT2D eigenvalue weighted by Crippen LogP contribution is -2.58. The van der Waals surface area contributed by atoms with Crippen molar-refractivity contribution in [1.82, 2.24) is 25.9 Å². The molecule has 0 aliphatic heterocycles. The van der Waals surface area contributed by atoms with Crippen molar-refractivity contribution in [3.63, 3.8) is 0 Å². The number of nitrogens with one attached hydrogen (secondary N) is 4. The first kappa shape index (κ1) is 29.6. The summed E-state index contributed by atoms with van der Waals surface area (Å²) >= 11 is 0. The van der Waals surface area contributed by atoms with Crippen LogP contribution in [0.25, 0.3) is 0 Å². The molecule has 1 rings (SSSR count). The number of nitrogens with two attached hydrogens (primary N) is 2. The minimum absolute atomic E-state index is 0.0337. The SMILES string of the molecule is CC(C)CC(NC(=O)C(N)Cc1cnc[nH]1)C(=O)NC(C(=O)NC(CCC(N)=O)C(=O)O)C(C)C. The Bertz CT molecular complexity index is 872. The third kappa shape index (κ3) is 10.5. The second-order valence-electron chi connectivity index (χ2n) is 9.21. The third-order valence-electron chi connectivity index (χ3n) is 5.21. The molecule has 1 aromatic rings. The molecule has 13 heteroatoms. The zero-order valence-electron chi connectivity index (χ0n) is 20.5. The number of hydrogen-bond donors (Lipinski definition) is 7. The number of imidazole rings is 1. The molecule has 0 fully saturated rings. The molecule has 13 nitrogen and oxygen atoms in total. The van der Waals surface area contributed by atoms with Crippen molar-refractivity contribution >= 4 is 29.6 Å². The van der Waals surface area contributed by atoms with Crippen molar-refractivity contribution in [3.05, 3.63) is 18.2 Å². The average molecular weight is 496 g/mol. The summed E-state index contributed by atoms with van der Waals surface area (Å²) in [6.07, 6.45) is 3.09. The minimum atomic E-state index is -1.35. The Morgan fingerprint density at radius 1 is 1.00 bits per heavy atom. The highest BCUT2D eigenvalue weighted by atomic mass is 16.4. The Balaban J connectivity index is 2.90. The van der Waals surface area contributed by atoms with E-state index in [1.54, 1.807) is 20.0 Å². The zero-order chi connectivity index (χ0) is 26.7. The molecular formula is C22H37N7O6. The van der Waals surface area contributed by atoms with Gasteiger partial charge in [-0.3, -0.25) is 19.2 Å². The topological polar surface area (TPSA) is 222 Å². The van der Waals surface area contributed by atoms with E-state index in [4.69, 9.17) is 11.5 Å². The molecule has 35 heavy (non-hydrogen) atoms. The van der Waals surface area contributed by atoms with Crippen molar-refractivity contribution in [2.24, 2.45) is 23.3 Å². The summed E-state index contributed by atoms with van der Waals surface area (Å²) in [5.41, 5.74) is 11.7. The fourth-order valence-electron chi connectivity index (χ4n) is 3.30. The number of aromatic amines is 1. The monoisotopic (exact) mass is 495 g/mol. The van der Waals surface area contributed by atoms with Crippen LogP contribution in [0.4, 0.5) is 0 Å². The van der Waals surface area contributed by atoms with E-state index >= 15 is 0 Å². The second kappa shape index (κ2) is 14.0. The van der Waals surface area contributed by atoms with Crippen LogP contribution in [0, 0.1) is 11.8 Å². The molecule has 0 saturated heterocycles. The van der Waals surface area contributed by atoms with Crippen LogP contribution in [0.3, 0.4) is 0 Å². The molecule has 196 valence electrons. The number of carbonyl (C=O) groups excluding carboxylic acids is 4. The van der Waals surface area contributed by atoms with Gasteiger partial charge in [-0.1, -0.05) is 27.7 Å². The number of aromatic nitrogens is 2. The summed E-state index contributed by atoms with van der Waals surface area (Å²) < 4.78 is 0. The molecule has 4 amide bonds. The maximum Gasteiger partial charge on any atom is 0.326 e. The van der Waals surface area contributed by atoms with Crippen LogP contribution in [0.1, 0.15) is 52.7 Å². The van der Waals surface area contributed by atoms with Crippen LogP contribution in [0.2, 0.25) is 0 Å². The lowest BCUT2D eigenvalue weighted by atomic mass is 9.99. The number of nitrogens with zero attached hydrogens (tertiary/aromatic N) is 1. The van der Waals surface area contributed by atoms with Gasteiger partial charge >= 0.3 is 5.97 Å². The van der Waals surface area contributed by atoms with Crippen LogP contribution >= 0.6 is 0 Å². The van der Waals surface area contributed by atoms with Gasteiger partial charge in [0.05, 0.1) is 12.4 Å². The summed E-state index contributed by atoms with van der Waals surface area (Å²) in [6, 6.07) is -4.32. The Kier molecular flexibility index (Phi) is 11.9. The highest BCUT2D eigenvalue weighted by Gasteiger charge is 2.32. The number of aliphatic carboxylic acids is 1. The standard InChI is InChI=1S/C22H37N7O6/c1-11(2)7-16(28-19(31)14(23)8-13-9-25-10-26-13)20(32)29-18(12(3)4)21(33)27-15(22(34)35)5-6-17(24)30/h9-12,14-16,18H,5-8,23H2,1-4H3,(H2,24,30)(H,25,26)(H,27,33)(H,28,31)(H,29,32)(H,34,35). The van der Waals surface area contributed by atoms with E-state index in [1.807, 2.05) is 13.8 Å². The van der Waals surface area contributed by atoms with Gasteiger partial charge in [0.2, 0.25) is 23.6 Å². The van der Waals surface area contributed by atoms with E-state index in [-0.39, 0.29) is 31.6 Å². The van der Waals surface area contributed by atoms with Gasteiger partial charge in [0.15, 0.2) is 0 Å². The zero-order valence-corrected chi connectivity index (χ0v) is 20.5. The molecule has 0 aromatic carbocycles. The predicted molar refractivity (Wildman–Crippen MR) is 126 cm³/mol. The molecule has 0 saturated carbocycles. The summed E-state index contributed by atoms with van der Waals surface area (Å²) in [5.74, 6) is -4.26. The van der Waals surface area contributed by atoms with E-state index in [2.05, 4.69) is 25.9 Å². The van der Waals surface area contributed by atoms with Gasteiger partial charge in [0, 0.05) is 24.7 Å². The minimum Gasteiger partial charge on any atom is -0.480 e. The number of carboxylic acid groups (broad SMARTS) is 1. The van der Waals surface area contributed by atoms with E-state index < -0.39 is 59.7 Å². The Hall–Kier alpha value is -3.48. The van der Waals surface area contributed by atoms with Crippen LogP contribution in [0.15, 0.2) is 12.5 Å². The average Bonchev–Trinajstić information content (AvgIpc) is 3.26. The van der Waals surface area contributed by atoms with Gasteiger partial charge in [0.25, 0.3) is 0 Å². The molecule has 0 aliphatic carbocycles. The third-order valence-corrected chi connectivity index (χ3v) is 5.21. The van der Waals surface area contributed by atoms with Crippen molar-refractivity contribution in [3.8, 4) is 0 Å². The lowest BCUT2D eigenvalue weighted by molar-refractivity contribution is -0.143. The number of H-pyrrole nitrogens is 1. The van der Waals surface area contributed by atoms with E-state index in [0.717, 1.165) is 0 Å². The first-order chi connectivity index (χ1) is 16.3. The molecule has 0 spiro atoms. The number of primary amides is 1. The van der Waals surface area contributed by atoms with Crippen LogP contribution < -0.4 is 27.4 Å². The van der Waals surface area contributed by atoms with Gasteiger partial charge < -0.3 is 37.5 Å². The van der Waals surface area contributed by atoms with Gasteiger partial charge in [-0.2, -0.15) is 0 Å². The molecular weight excluding hydrogens is 458 g/mol. The molecule has 0 bridgehead atoms. The van der Waals surface area contributed by atoms with Crippen molar-refractivity contribution in [2.75, 3.05) is 0 Å². The highest BCUT2D eigenvalue weighted by molar-refractivity contribution is 5.94. The lowest BCUT2D eigenvalue weighted by Gasteiger charge is -2.27. The molecule has 4 unspecified atom stereocenters. The smallest absolute Gasteiger partial charge is 0.326 e. The highest BCUT2D eigenvalue weighted by Crippen LogP contribution is 2.10. The first-order valence-electron chi connectivity index (χ1n) is 11.5. The molecule has 9 N–H and O–H groups in total. The molecule has 4 atom stereocenters. The molecule has 1 heterocycles. The number of rotatable bonds is 15. The van der Waals surface area contributed by atoms with Crippen LogP contribution in [-0.2, 0) is 30.4 Å². The number of carbonyl (C=O) groups is 5. The predicted octanol–water partition coefficient (Wildman–Crippen LogP) is -1.21. The normalized spacial score (nSPS) is 14.6. The molecule has 0 aliphatic rings. The number of hydrogen-bond acceptors (Lipinski definition) is 7. The maximum absolute atomic E-state index is 13.1. The summed E-state index contributed by atoms with van der Waals surface area (Å²) in [7, 11) is 0. The van der Waals surface area contributed by atoms with Gasteiger partial charge in [-0.15, -0.1) is 0 Å². The first-order valence-corrected chi connectivity index (χ1v) is 11.5. The Labute approximate surface area is 204 Å². The fraction of sp³-hybridized carbons (Fsp3) is 0.636. The van der Waals surface area contributed by atoms with Gasteiger partial charge in [-0.25, -0.2) is 9.78 Å². The Morgan fingerprint density at radius 3 is 2.11 bits per heavy atom. The van der Waals surface area contributed by atoms with Crippen molar-refractivity contribution in [1.29, 1.82) is 0 Å². The van der Waals surface area contributed by atoms with E-state index in [0.29, 0.717) is 5.69 Å². The number of amides is 4. The second-order valence-corrected chi connectivity index (χ2v) is 9.21. The van der Waals surface area contributed by atoms with E-state index in [9.17, 15) is 29.1 Å². The molecule has 1 aromatic heterocycles. The van der Waals surface area contributed by atoms with Gasteiger partial charge in [0.1, 0.15) is 18.1 Å². The summed E-state index contributed by atoms with van der Waals surface area (Å²) in [4.78, 5) is 67.7. The summed E-state index contributed by atoms with van der Waals surface area (Å²) in [5, 5.41) is 17.0. The maximum atomic E-state index is 13.1. The van der Waals surface area contributed by atoms with Gasteiger partial charge in [-0.05, 0) is 24.7 Å². The number of carboxylic acids is 1. The van der Waals surface area contributed by atoms with E-state index in [1.165, 1.54) is 6.33 Å². The summed E-state index contributed by atoms with van der Waals surface area (Å²) in [6.45, 7) is 7.11. The van der Waals surface area contributed by atoms with Crippen LogP contribution in [0.5, 0.6) is 0 Å². The fourth-order valence-corrected chi connectivity index (χ4v) is 3.30. The largest absolute Gasteiger partial charge is 0.480 e. The molecule has 0 radical (unpaired) electrons. The van der Waals surface area contributed by atoms with Crippen LogP contribution in [-0.4, -0.2) is 68.8 Å².